The predicted molar refractivity (Wildman–Crippen MR) is 150 cm³/mol. The van der Waals surface area contributed by atoms with Crippen LogP contribution in [0.3, 0.4) is 0 Å². The van der Waals surface area contributed by atoms with E-state index in [1.807, 2.05) is 48.8 Å². The van der Waals surface area contributed by atoms with Crippen LogP contribution in [0.25, 0.3) is 33.4 Å². The number of rotatable bonds is 4. The largest absolute Gasteiger partial charge is 2.00 e. The number of aromatic nitrogens is 3. The molecule has 5 heteroatoms. The van der Waals surface area contributed by atoms with Crippen LogP contribution in [0.2, 0.25) is 0 Å². The second-order valence-electron chi connectivity index (χ2n) is 11.3. The van der Waals surface area contributed by atoms with Crippen LogP contribution in [0.1, 0.15) is 52.7 Å². The van der Waals surface area contributed by atoms with Crippen LogP contribution in [0.5, 0.6) is 11.5 Å². The molecule has 38 heavy (non-hydrogen) atoms. The van der Waals surface area contributed by atoms with Gasteiger partial charge in [0.15, 0.2) is 0 Å². The Bertz CT molecular complexity index is 1580. The normalized spacial score (nSPS) is 11.7. The Labute approximate surface area is 239 Å². The maximum Gasteiger partial charge on any atom is 2.00 e. The molecule has 0 fully saturated rings. The third-order valence-electron chi connectivity index (χ3n) is 6.40. The Balaban J connectivity index is 0.00000336. The van der Waals surface area contributed by atoms with Gasteiger partial charge < -0.3 is 14.7 Å². The van der Waals surface area contributed by atoms with E-state index < -0.39 is 0 Å². The first-order valence-corrected chi connectivity index (χ1v) is 12.5. The molecule has 0 aliphatic carbocycles. The van der Waals surface area contributed by atoms with Crippen LogP contribution in [-0.2, 0) is 31.9 Å². The summed E-state index contributed by atoms with van der Waals surface area (Å²) in [5.41, 5.74) is 6.72. The van der Waals surface area contributed by atoms with Gasteiger partial charge in [0.05, 0.1) is 5.75 Å². The minimum Gasteiger partial charge on any atom is -0.496 e. The van der Waals surface area contributed by atoms with Gasteiger partial charge in [-0.3, -0.25) is 4.98 Å². The topological polar surface area (TPSA) is 47.9 Å². The molecule has 5 rings (SSSR count). The second-order valence-corrected chi connectivity index (χ2v) is 11.3. The second kappa shape index (κ2) is 10.8. The van der Waals surface area contributed by atoms with Gasteiger partial charge in [-0.05, 0) is 56.4 Å². The van der Waals surface area contributed by atoms with Crippen LogP contribution in [0.15, 0.2) is 79.3 Å². The van der Waals surface area contributed by atoms with E-state index in [9.17, 15) is 0 Å². The molecule has 0 aliphatic rings. The first kappa shape index (κ1) is 27.7. The summed E-state index contributed by atoms with van der Waals surface area (Å²) in [6.07, 6.45) is 5.49. The first-order chi connectivity index (χ1) is 17.6. The molecule has 0 aliphatic heterocycles. The van der Waals surface area contributed by atoms with E-state index in [0.29, 0.717) is 11.5 Å². The molecule has 5 aromatic rings. The van der Waals surface area contributed by atoms with Crippen LogP contribution in [-0.4, -0.2) is 15.0 Å². The summed E-state index contributed by atoms with van der Waals surface area (Å²) in [5, 5.41) is 0.880. The Morgan fingerprint density at radius 3 is 1.89 bits per heavy atom. The van der Waals surface area contributed by atoms with E-state index in [0.717, 1.165) is 33.4 Å². The Hall–Kier alpha value is -3.36. The van der Waals surface area contributed by atoms with Crippen molar-refractivity contribution in [3.05, 3.63) is 103 Å². The maximum absolute atomic E-state index is 6.40. The number of hydrogen-bond acceptors (Lipinski definition) is 4. The molecule has 0 saturated carbocycles. The van der Waals surface area contributed by atoms with Gasteiger partial charge >= 0.3 is 21.1 Å². The summed E-state index contributed by atoms with van der Waals surface area (Å²) in [7, 11) is 0. The number of fused-ring (bicyclic) bond motifs is 1. The van der Waals surface area contributed by atoms with E-state index in [1.165, 1.54) is 11.1 Å². The third-order valence-corrected chi connectivity index (χ3v) is 6.40. The Kier molecular flexibility index (Phi) is 7.85. The number of nitrogens with zero attached hydrogens (tertiary/aromatic N) is 3. The van der Waals surface area contributed by atoms with E-state index >= 15 is 0 Å². The van der Waals surface area contributed by atoms with Crippen molar-refractivity contribution < 1.29 is 25.8 Å². The molecule has 0 amide bonds. The average Bonchev–Trinajstić information content (AvgIpc) is 2.88. The van der Waals surface area contributed by atoms with Crippen molar-refractivity contribution in [3.63, 3.8) is 0 Å². The molecule has 3 heterocycles. The minimum atomic E-state index is 0. The molecule has 0 atom stereocenters. The van der Waals surface area contributed by atoms with Crippen molar-refractivity contribution in [2.75, 3.05) is 0 Å². The van der Waals surface area contributed by atoms with Crippen LogP contribution >= 0.6 is 0 Å². The van der Waals surface area contributed by atoms with Gasteiger partial charge in [-0.25, -0.2) is 0 Å². The van der Waals surface area contributed by atoms with Gasteiger partial charge in [0.2, 0.25) is 0 Å². The SMILES string of the molecule is CC(C)(C)c1ccnc(-c2[c-]c(Oc3[c-]c(-c4cc(C(C)(C)C)ccn4)cc4ncccc34)ccc2)c1.[Pt+2]. The maximum atomic E-state index is 6.40. The Morgan fingerprint density at radius 2 is 1.26 bits per heavy atom. The fourth-order valence-corrected chi connectivity index (χ4v) is 4.16. The van der Waals surface area contributed by atoms with Crippen molar-refractivity contribution >= 4 is 10.9 Å². The van der Waals surface area contributed by atoms with Crippen molar-refractivity contribution in [1.82, 2.24) is 15.0 Å². The first-order valence-electron chi connectivity index (χ1n) is 12.5. The molecule has 0 radical (unpaired) electrons. The number of hydrogen-bond donors (Lipinski definition) is 0. The zero-order valence-corrected chi connectivity index (χ0v) is 24.8. The molecule has 0 unspecified atom stereocenters. The summed E-state index contributed by atoms with van der Waals surface area (Å²) in [6.45, 7) is 13.2. The molecule has 2 aromatic carbocycles. The summed E-state index contributed by atoms with van der Waals surface area (Å²) in [4.78, 5) is 13.8. The van der Waals surface area contributed by atoms with E-state index in [-0.39, 0.29) is 31.9 Å². The van der Waals surface area contributed by atoms with Gasteiger partial charge in [0, 0.05) is 24.3 Å². The molecule has 0 saturated heterocycles. The Morgan fingerprint density at radius 1 is 0.632 bits per heavy atom. The summed E-state index contributed by atoms with van der Waals surface area (Å²) in [5.74, 6) is 1.18. The van der Waals surface area contributed by atoms with Gasteiger partial charge in [-0.1, -0.05) is 77.9 Å². The summed E-state index contributed by atoms with van der Waals surface area (Å²) in [6, 6.07) is 27.0. The van der Waals surface area contributed by atoms with Crippen molar-refractivity contribution in [1.29, 1.82) is 0 Å². The molecule has 3 aromatic heterocycles. The quantitative estimate of drug-likeness (QED) is 0.179. The van der Waals surface area contributed by atoms with E-state index in [4.69, 9.17) is 4.74 Å². The van der Waals surface area contributed by atoms with Crippen molar-refractivity contribution in [2.24, 2.45) is 0 Å². The summed E-state index contributed by atoms with van der Waals surface area (Å²) < 4.78 is 6.40. The third kappa shape index (κ3) is 6.02. The number of ether oxygens (including phenoxy) is 1. The summed E-state index contributed by atoms with van der Waals surface area (Å²) >= 11 is 0. The number of benzene rings is 2. The monoisotopic (exact) mass is 680 g/mol. The number of pyridine rings is 3. The zero-order chi connectivity index (χ0) is 26.2. The molecule has 0 N–H and O–H groups in total. The van der Waals surface area contributed by atoms with Crippen molar-refractivity contribution in [2.45, 2.75) is 52.4 Å². The predicted octanol–water partition coefficient (Wildman–Crippen LogP) is 8.34. The van der Waals surface area contributed by atoms with Gasteiger partial charge in [0.25, 0.3) is 0 Å². The molecule has 194 valence electrons. The molecular formula is C33H31N3OPt. The molecule has 0 bridgehead atoms. The molecule has 4 nitrogen and oxygen atoms in total. The smallest absolute Gasteiger partial charge is 0.496 e. The molecular weight excluding hydrogens is 649 g/mol. The average molecular weight is 681 g/mol. The molecule has 0 spiro atoms. The van der Waals surface area contributed by atoms with Gasteiger partial charge in [-0.2, -0.15) is 0 Å². The van der Waals surface area contributed by atoms with Gasteiger partial charge in [0.1, 0.15) is 0 Å². The van der Waals surface area contributed by atoms with E-state index in [1.54, 1.807) is 6.20 Å². The zero-order valence-electron chi connectivity index (χ0n) is 22.6. The van der Waals surface area contributed by atoms with E-state index in [2.05, 4.69) is 92.9 Å². The minimum absolute atomic E-state index is 0. The van der Waals surface area contributed by atoms with Gasteiger partial charge in [-0.15, -0.1) is 35.4 Å². The van der Waals surface area contributed by atoms with Crippen LogP contribution in [0.4, 0.5) is 0 Å². The standard InChI is InChI=1S/C33H31N3O.Pt/c1-32(2,3)24-12-15-35-28(20-24)22-9-7-10-26(17-22)37-31-19-23(18-30-27(31)11-8-14-34-30)29-21-25(13-16-36-29)33(4,5)6;/h7-16,18,20-21H,1-6H3;/q-2;+2. The van der Waals surface area contributed by atoms with Crippen LogP contribution in [0, 0.1) is 12.1 Å². The fraction of sp³-hybridized carbons (Fsp3) is 0.242. The van der Waals surface area contributed by atoms with Crippen molar-refractivity contribution in [3.8, 4) is 34.0 Å². The van der Waals surface area contributed by atoms with Crippen LogP contribution < -0.4 is 4.74 Å². The fourth-order valence-electron chi connectivity index (χ4n) is 4.16.